The predicted molar refractivity (Wildman–Crippen MR) is 58.7 cm³/mol. The lowest BCUT2D eigenvalue weighted by Gasteiger charge is -2.11. The first-order valence-corrected chi connectivity index (χ1v) is 5.22. The van der Waals surface area contributed by atoms with Crippen molar-refractivity contribution in [1.82, 2.24) is 0 Å². The van der Waals surface area contributed by atoms with Gasteiger partial charge in [0.05, 0.1) is 12.2 Å². The molecule has 3 heteroatoms. The Hall–Kier alpha value is -1.06. The first-order valence-electron chi connectivity index (χ1n) is 5.22. The molecule has 1 rings (SSSR count). The van der Waals surface area contributed by atoms with Gasteiger partial charge in [-0.15, -0.1) is 0 Å². The fraction of sp³-hybridized carbons (Fsp3) is 0.500. The van der Waals surface area contributed by atoms with Gasteiger partial charge in [0, 0.05) is 0 Å². The van der Waals surface area contributed by atoms with Gasteiger partial charge < -0.3 is 15.3 Å². The van der Waals surface area contributed by atoms with E-state index in [1.54, 1.807) is 25.1 Å². The van der Waals surface area contributed by atoms with Crippen LogP contribution in [-0.2, 0) is 6.42 Å². The first-order chi connectivity index (χ1) is 7.08. The number of phenolic OH excluding ortho intramolecular Hbond substituents is 1. The SMILES string of the molecule is C[C@H](O)CC[C@H](O)Cc1cccc(O)c1. The normalized spacial score (nSPS) is 14.9. The molecule has 0 fully saturated rings. The Balaban J connectivity index is 2.40. The summed E-state index contributed by atoms with van der Waals surface area (Å²) in [5, 5.41) is 27.9. The van der Waals surface area contributed by atoms with Crippen LogP contribution in [0, 0.1) is 0 Å². The zero-order chi connectivity index (χ0) is 11.3. The summed E-state index contributed by atoms with van der Waals surface area (Å²) in [5.41, 5.74) is 0.910. The summed E-state index contributed by atoms with van der Waals surface area (Å²) in [6.45, 7) is 1.71. The summed E-state index contributed by atoms with van der Waals surface area (Å²) < 4.78 is 0. The fourth-order valence-corrected chi connectivity index (χ4v) is 1.49. The van der Waals surface area contributed by atoms with E-state index in [4.69, 9.17) is 5.11 Å². The van der Waals surface area contributed by atoms with E-state index in [-0.39, 0.29) is 11.9 Å². The van der Waals surface area contributed by atoms with Crippen molar-refractivity contribution in [3.05, 3.63) is 29.8 Å². The van der Waals surface area contributed by atoms with Crippen LogP contribution in [0.15, 0.2) is 24.3 Å². The minimum Gasteiger partial charge on any atom is -0.508 e. The highest BCUT2D eigenvalue weighted by molar-refractivity contribution is 5.27. The second-order valence-corrected chi connectivity index (χ2v) is 3.95. The minimum atomic E-state index is -0.457. The van der Waals surface area contributed by atoms with E-state index in [1.807, 2.05) is 6.07 Å². The van der Waals surface area contributed by atoms with E-state index in [0.29, 0.717) is 19.3 Å². The average Bonchev–Trinajstić information content (AvgIpc) is 2.15. The van der Waals surface area contributed by atoms with Crippen molar-refractivity contribution in [3.63, 3.8) is 0 Å². The highest BCUT2D eigenvalue weighted by Crippen LogP contribution is 2.14. The molecule has 0 aliphatic heterocycles. The second-order valence-electron chi connectivity index (χ2n) is 3.95. The van der Waals surface area contributed by atoms with Gasteiger partial charge in [0.1, 0.15) is 5.75 Å². The molecule has 0 heterocycles. The lowest BCUT2D eigenvalue weighted by atomic mass is 10.0. The number of benzene rings is 1. The molecule has 84 valence electrons. The van der Waals surface area contributed by atoms with Gasteiger partial charge in [-0.1, -0.05) is 12.1 Å². The van der Waals surface area contributed by atoms with Crippen LogP contribution in [0.1, 0.15) is 25.3 Å². The van der Waals surface area contributed by atoms with E-state index < -0.39 is 6.10 Å². The maximum Gasteiger partial charge on any atom is 0.115 e. The van der Waals surface area contributed by atoms with Crippen LogP contribution in [-0.4, -0.2) is 27.5 Å². The molecule has 0 saturated carbocycles. The zero-order valence-electron chi connectivity index (χ0n) is 8.93. The molecule has 3 nitrogen and oxygen atoms in total. The van der Waals surface area contributed by atoms with Crippen LogP contribution in [0.5, 0.6) is 5.75 Å². The topological polar surface area (TPSA) is 60.7 Å². The molecule has 0 bridgehead atoms. The predicted octanol–water partition coefficient (Wildman–Crippen LogP) is 1.46. The molecule has 0 spiro atoms. The number of aliphatic hydroxyl groups is 2. The summed E-state index contributed by atoms with van der Waals surface area (Å²) in [5.74, 6) is 0.218. The average molecular weight is 210 g/mol. The number of phenols is 1. The van der Waals surface area contributed by atoms with Crippen molar-refractivity contribution >= 4 is 0 Å². The molecule has 1 aromatic rings. The molecule has 3 N–H and O–H groups in total. The Morgan fingerprint density at radius 2 is 1.93 bits per heavy atom. The molecule has 0 saturated heterocycles. The fourth-order valence-electron chi connectivity index (χ4n) is 1.49. The van der Waals surface area contributed by atoms with E-state index in [9.17, 15) is 10.2 Å². The van der Waals surface area contributed by atoms with Crippen molar-refractivity contribution in [2.24, 2.45) is 0 Å². The van der Waals surface area contributed by atoms with E-state index in [1.165, 1.54) is 0 Å². The molecule has 2 atom stereocenters. The van der Waals surface area contributed by atoms with Crippen LogP contribution < -0.4 is 0 Å². The molecular weight excluding hydrogens is 192 g/mol. The quantitative estimate of drug-likeness (QED) is 0.689. The number of hydrogen-bond donors (Lipinski definition) is 3. The second kappa shape index (κ2) is 5.73. The summed E-state index contributed by atoms with van der Waals surface area (Å²) in [6.07, 6.45) is 0.860. The Labute approximate surface area is 90.0 Å². The molecule has 0 aliphatic carbocycles. The van der Waals surface area contributed by atoms with Crippen molar-refractivity contribution in [2.45, 2.75) is 38.4 Å². The van der Waals surface area contributed by atoms with Crippen molar-refractivity contribution in [3.8, 4) is 5.75 Å². The standard InChI is InChI=1S/C12H18O3/c1-9(13)5-6-12(15)8-10-3-2-4-11(14)7-10/h2-4,7,9,12-15H,5-6,8H2,1H3/t9-,12-/m0/s1. The molecular formula is C12H18O3. The van der Waals surface area contributed by atoms with E-state index >= 15 is 0 Å². The Morgan fingerprint density at radius 3 is 2.53 bits per heavy atom. The maximum atomic E-state index is 9.65. The monoisotopic (exact) mass is 210 g/mol. The molecule has 0 aromatic heterocycles. The van der Waals surface area contributed by atoms with Gasteiger partial charge in [-0.2, -0.15) is 0 Å². The third-order valence-electron chi connectivity index (χ3n) is 2.30. The summed E-state index contributed by atoms with van der Waals surface area (Å²) in [7, 11) is 0. The molecule has 0 unspecified atom stereocenters. The molecule has 0 radical (unpaired) electrons. The number of rotatable bonds is 5. The highest BCUT2D eigenvalue weighted by Gasteiger charge is 2.07. The Bertz CT molecular complexity index is 297. The van der Waals surface area contributed by atoms with E-state index in [0.717, 1.165) is 5.56 Å². The Kier molecular flexibility index (Phi) is 4.59. The first kappa shape index (κ1) is 12.0. The summed E-state index contributed by atoms with van der Waals surface area (Å²) in [4.78, 5) is 0. The molecule has 1 aromatic carbocycles. The molecule has 15 heavy (non-hydrogen) atoms. The van der Waals surface area contributed by atoms with Crippen molar-refractivity contribution in [2.75, 3.05) is 0 Å². The van der Waals surface area contributed by atoms with Gasteiger partial charge in [0.15, 0.2) is 0 Å². The molecule has 0 amide bonds. The lowest BCUT2D eigenvalue weighted by Crippen LogP contribution is -2.13. The lowest BCUT2D eigenvalue weighted by molar-refractivity contribution is 0.123. The third kappa shape index (κ3) is 4.81. The number of hydrogen-bond acceptors (Lipinski definition) is 3. The highest BCUT2D eigenvalue weighted by atomic mass is 16.3. The van der Waals surface area contributed by atoms with Gasteiger partial charge in [-0.3, -0.25) is 0 Å². The van der Waals surface area contributed by atoms with Gasteiger partial charge in [-0.05, 0) is 43.9 Å². The molecule has 0 aliphatic rings. The van der Waals surface area contributed by atoms with Gasteiger partial charge in [0.25, 0.3) is 0 Å². The zero-order valence-corrected chi connectivity index (χ0v) is 8.93. The number of aliphatic hydroxyl groups excluding tert-OH is 2. The van der Waals surface area contributed by atoms with Crippen LogP contribution in [0.4, 0.5) is 0 Å². The van der Waals surface area contributed by atoms with Gasteiger partial charge in [0.2, 0.25) is 0 Å². The van der Waals surface area contributed by atoms with Crippen LogP contribution in [0.25, 0.3) is 0 Å². The summed E-state index contributed by atoms with van der Waals surface area (Å²) in [6, 6.07) is 6.87. The Morgan fingerprint density at radius 1 is 1.20 bits per heavy atom. The number of aromatic hydroxyl groups is 1. The van der Waals surface area contributed by atoms with Crippen LogP contribution in [0.3, 0.4) is 0 Å². The van der Waals surface area contributed by atoms with Crippen molar-refractivity contribution in [1.29, 1.82) is 0 Å². The van der Waals surface area contributed by atoms with E-state index in [2.05, 4.69) is 0 Å². The third-order valence-corrected chi connectivity index (χ3v) is 2.30. The van der Waals surface area contributed by atoms with Crippen molar-refractivity contribution < 1.29 is 15.3 Å². The van der Waals surface area contributed by atoms with Crippen LogP contribution in [0.2, 0.25) is 0 Å². The van der Waals surface area contributed by atoms with Gasteiger partial charge >= 0.3 is 0 Å². The van der Waals surface area contributed by atoms with Crippen LogP contribution >= 0.6 is 0 Å². The smallest absolute Gasteiger partial charge is 0.115 e. The van der Waals surface area contributed by atoms with Gasteiger partial charge in [-0.25, -0.2) is 0 Å². The minimum absolute atomic E-state index is 0.218. The maximum absolute atomic E-state index is 9.65. The summed E-state index contributed by atoms with van der Waals surface area (Å²) >= 11 is 0. The largest absolute Gasteiger partial charge is 0.508 e.